The highest BCUT2D eigenvalue weighted by atomic mass is 19.4. The second-order valence-corrected chi connectivity index (χ2v) is 8.50. The summed E-state index contributed by atoms with van der Waals surface area (Å²) in [4.78, 5) is 18.7. The number of benzene rings is 1. The third-order valence-electron chi connectivity index (χ3n) is 6.10. The first-order chi connectivity index (χ1) is 17.1. The number of ether oxygens (including phenoxy) is 2. The summed E-state index contributed by atoms with van der Waals surface area (Å²) in [5.41, 5.74) is 1.87. The molecule has 2 aromatic heterocycles. The first kappa shape index (κ1) is 25.3. The number of likely N-dealkylation sites (N-methyl/N-ethyl adjacent to an activating group) is 1. The van der Waals surface area contributed by atoms with Gasteiger partial charge >= 0.3 is 6.18 Å². The van der Waals surface area contributed by atoms with Gasteiger partial charge in [-0.1, -0.05) is 6.07 Å². The van der Waals surface area contributed by atoms with Crippen LogP contribution in [0.5, 0.6) is 5.75 Å². The zero-order chi connectivity index (χ0) is 26.0. The van der Waals surface area contributed by atoms with E-state index in [4.69, 9.17) is 9.47 Å². The third kappa shape index (κ3) is 5.23. The summed E-state index contributed by atoms with van der Waals surface area (Å²) in [5, 5.41) is 10.3. The van der Waals surface area contributed by atoms with E-state index in [0.29, 0.717) is 23.6 Å². The lowest BCUT2D eigenvalue weighted by atomic mass is 10.1. The molecule has 0 unspecified atom stereocenters. The summed E-state index contributed by atoms with van der Waals surface area (Å²) >= 11 is 0. The Balaban J connectivity index is 1.43. The molecule has 1 amide bonds. The van der Waals surface area contributed by atoms with Crippen molar-refractivity contribution >= 4 is 23.1 Å². The average Bonchev–Trinajstić information content (AvgIpc) is 3.29. The number of halogens is 3. The normalized spacial score (nSPS) is 16.4. The van der Waals surface area contributed by atoms with Crippen LogP contribution >= 0.6 is 0 Å². The zero-order valence-electron chi connectivity index (χ0n) is 20.3. The van der Waals surface area contributed by atoms with Gasteiger partial charge < -0.3 is 25.0 Å². The summed E-state index contributed by atoms with van der Waals surface area (Å²) in [6.07, 6.45) is 0.163. The van der Waals surface area contributed by atoms with E-state index in [9.17, 15) is 18.0 Å². The molecular weight excluding hydrogens is 477 g/mol. The molecule has 12 heteroatoms. The monoisotopic (exact) mass is 504 g/mol. The van der Waals surface area contributed by atoms with Crippen molar-refractivity contribution in [1.82, 2.24) is 14.8 Å². The van der Waals surface area contributed by atoms with Gasteiger partial charge in [-0.2, -0.15) is 18.3 Å². The smallest absolute Gasteiger partial charge is 0.419 e. The summed E-state index contributed by atoms with van der Waals surface area (Å²) < 4.78 is 51.7. The Labute approximate surface area is 206 Å². The van der Waals surface area contributed by atoms with Gasteiger partial charge in [0.1, 0.15) is 17.6 Å². The molecule has 36 heavy (non-hydrogen) atoms. The molecule has 0 saturated heterocycles. The Bertz CT molecular complexity index is 1250. The van der Waals surface area contributed by atoms with Crippen LogP contribution in [-0.2, 0) is 28.8 Å². The number of amides is 1. The number of aromatic nitrogens is 3. The van der Waals surface area contributed by atoms with E-state index in [-0.39, 0.29) is 24.3 Å². The molecule has 192 valence electrons. The number of carbonyl (C=O) groups is 1. The van der Waals surface area contributed by atoms with Crippen molar-refractivity contribution in [2.75, 3.05) is 36.8 Å². The highest BCUT2D eigenvalue weighted by Gasteiger charge is 2.36. The van der Waals surface area contributed by atoms with Crippen LogP contribution in [-0.4, -0.2) is 54.1 Å². The van der Waals surface area contributed by atoms with Gasteiger partial charge in [0.15, 0.2) is 0 Å². The second-order valence-electron chi connectivity index (χ2n) is 8.50. The van der Waals surface area contributed by atoms with Crippen LogP contribution in [0.3, 0.4) is 0 Å². The van der Waals surface area contributed by atoms with Gasteiger partial charge in [-0.3, -0.25) is 9.48 Å². The van der Waals surface area contributed by atoms with Crippen molar-refractivity contribution in [2.24, 2.45) is 0 Å². The minimum atomic E-state index is -4.51. The lowest BCUT2D eigenvalue weighted by Crippen LogP contribution is -2.52. The molecule has 2 N–H and O–H groups in total. The van der Waals surface area contributed by atoms with Crippen LogP contribution in [0.2, 0.25) is 0 Å². The van der Waals surface area contributed by atoms with Gasteiger partial charge in [0.25, 0.3) is 0 Å². The minimum Gasteiger partial charge on any atom is -0.496 e. The molecule has 1 aromatic carbocycles. The van der Waals surface area contributed by atoms with Crippen LogP contribution in [0, 0.1) is 0 Å². The highest BCUT2D eigenvalue weighted by Crippen LogP contribution is 2.37. The standard InChI is InChI=1S/C24H27F3N6O3/c1-14(35-3)22-23(34)31-18-11-29-21(8-19(18)32(22)2)28-9-16-10-30-33(13-16)12-15-5-6-20(36-4)17(7-15)24(25,26)27/h5-8,10-11,13-14,22H,9,12H2,1-4H3,(H,28,29)(H,31,34)/t14-,22+/m1/s1. The second kappa shape index (κ2) is 10.1. The Morgan fingerprint density at radius 3 is 2.67 bits per heavy atom. The molecule has 1 aliphatic heterocycles. The van der Waals surface area contributed by atoms with Crippen molar-refractivity contribution in [3.63, 3.8) is 0 Å². The number of fused-ring (bicyclic) bond motifs is 1. The predicted octanol–water partition coefficient (Wildman–Crippen LogP) is 3.76. The first-order valence-corrected chi connectivity index (χ1v) is 11.2. The Kier molecular flexibility index (Phi) is 7.07. The lowest BCUT2D eigenvalue weighted by molar-refractivity contribution is -0.138. The third-order valence-corrected chi connectivity index (χ3v) is 6.10. The van der Waals surface area contributed by atoms with Gasteiger partial charge in [-0.05, 0) is 24.6 Å². The number of carbonyl (C=O) groups excluding carboxylic acids is 1. The molecule has 0 spiro atoms. The number of methoxy groups -OCH3 is 2. The van der Waals surface area contributed by atoms with Crippen LogP contribution in [0.1, 0.15) is 23.6 Å². The quantitative estimate of drug-likeness (QED) is 0.483. The molecule has 0 aliphatic carbocycles. The molecule has 0 fully saturated rings. The fraction of sp³-hybridized carbons (Fsp3) is 0.375. The molecule has 4 rings (SSSR count). The minimum absolute atomic E-state index is 0.159. The van der Waals surface area contributed by atoms with E-state index in [2.05, 4.69) is 20.7 Å². The summed E-state index contributed by atoms with van der Waals surface area (Å²) in [6, 6.07) is 5.32. The molecular formula is C24H27F3N6O3. The number of nitrogens with one attached hydrogen (secondary N) is 2. The highest BCUT2D eigenvalue weighted by molar-refractivity contribution is 6.04. The number of hydrogen-bond donors (Lipinski definition) is 2. The maximum Gasteiger partial charge on any atom is 0.419 e. The van der Waals surface area contributed by atoms with Crippen molar-refractivity contribution in [3.8, 4) is 5.75 Å². The maximum absolute atomic E-state index is 13.3. The largest absolute Gasteiger partial charge is 0.496 e. The van der Waals surface area contributed by atoms with Gasteiger partial charge in [-0.15, -0.1) is 0 Å². The van der Waals surface area contributed by atoms with Crippen LogP contribution in [0.25, 0.3) is 0 Å². The number of anilines is 3. The fourth-order valence-electron chi connectivity index (χ4n) is 4.16. The number of alkyl halides is 3. The molecule has 3 aromatic rings. The van der Waals surface area contributed by atoms with Crippen molar-refractivity contribution in [1.29, 1.82) is 0 Å². The van der Waals surface area contributed by atoms with Crippen molar-refractivity contribution < 1.29 is 27.4 Å². The van der Waals surface area contributed by atoms with Crippen LogP contribution in [0.4, 0.5) is 30.4 Å². The fourth-order valence-corrected chi connectivity index (χ4v) is 4.16. The maximum atomic E-state index is 13.3. The average molecular weight is 505 g/mol. The van der Waals surface area contributed by atoms with Crippen LogP contribution in [0.15, 0.2) is 42.9 Å². The molecule has 2 atom stereocenters. The summed E-state index contributed by atoms with van der Waals surface area (Å²) in [7, 11) is 4.60. The van der Waals surface area contributed by atoms with Gasteiger partial charge in [0, 0.05) is 38.5 Å². The van der Waals surface area contributed by atoms with Crippen molar-refractivity contribution in [2.45, 2.75) is 38.3 Å². The molecule has 3 heterocycles. The first-order valence-electron chi connectivity index (χ1n) is 11.2. The molecule has 9 nitrogen and oxygen atoms in total. The van der Waals surface area contributed by atoms with Gasteiger partial charge in [0.2, 0.25) is 5.91 Å². The van der Waals surface area contributed by atoms with E-state index in [1.165, 1.54) is 13.2 Å². The predicted molar refractivity (Wildman–Crippen MR) is 128 cm³/mol. The van der Waals surface area contributed by atoms with E-state index < -0.39 is 17.8 Å². The SMILES string of the molecule is COc1ccc(Cn2cc(CNc3cc4c(cn3)NC(=O)[C@H]([C@@H](C)OC)N4C)cn2)cc1C(F)(F)F. The Morgan fingerprint density at radius 2 is 1.97 bits per heavy atom. The van der Waals surface area contributed by atoms with E-state index in [1.54, 1.807) is 36.4 Å². The summed E-state index contributed by atoms with van der Waals surface area (Å²) in [6.45, 7) is 2.41. The molecule has 0 bridgehead atoms. The Morgan fingerprint density at radius 1 is 1.19 bits per heavy atom. The molecule has 0 saturated carbocycles. The van der Waals surface area contributed by atoms with E-state index in [0.717, 1.165) is 17.3 Å². The number of hydrogen-bond acceptors (Lipinski definition) is 7. The van der Waals surface area contributed by atoms with Gasteiger partial charge in [-0.25, -0.2) is 4.98 Å². The number of pyridine rings is 1. The number of nitrogens with zero attached hydrogens (tertiary/aromatic N) is 4. The van der Waals surface area contributed by atoms with E-state index >= 15 is 0 Å². The summed E-state index contributed by atoms with van der Waals surface area (Å²) in [5.74, 6) is 0.217. The van der Waals surface area contributed by atoms with Gasteiger partial charge in [0.05, 0.1) is 49.1 Å². The topological polar surface area (TPSA) is 93.5 Å². The molecule has 1 aliphatic rings. The van der Waals surface area contributed by atoms with Crippen LogP contribution < -0.4 is 20.3 Å². The lowest BCUT2D eigenvalue weighted by Gasteiger charge is -2.37. The molecule has 0 radical (unpaired) electrons. The van der Waals surface area contributed by atoms with E-state index in [1.807, 2.05) is 24.9 Å². The number of rotatable bonds is 8. The zero-order valence-corrected chi connectivity index (χ0v) is 20.3. The van der Waals surface area contributed by atoms with Crippen molar-refractivity contribution in [3.05, 3.63) is 59.5 Å². The Hall–Kier alpha value is -3.80.